The van der Waals surface area contributed by atoms with Crippen molar-refractivity contribution in [2.45, 2.75) is 6.42 Å². The van der Waals surface area contributed by atoms with Gasteiger partial charge in [-0.25, -0.2) is 0 Å². The molecule has 46 valence electrons. The molecule has 0 spiro atoms. The lowest BCUT2D eigenvalue weighted by Crippen LogP contribution is -2.21. The second-order valence-electron chi connectivity index (χ2n) is 1.76. The monoisotopic (exact) mass is 147 g/mol. The van der Waals surface area contributed by atoms with Crippen molar-refractivity contribution in [1.29, 1.82) is 0 Å². The Hall–Kier alpha value is 0.240. The average molecular weight is 147 g/mol. The van der Waals surface area contributed by atoms with Crippen LogP contribution in [0.1, 0.15) is 6.42 Å². The zero-order valence-corrected chi connectivity index (χ0v) is 6.28. The summed E-state index contributed by atoms with van der Waals surface area (Å²) in [5.74, 6) is 2.28. The summed E-state index contributed by atoms with van der Waals surface area (Å²) >= 11 is 6.88. The van der Waals surface area contributed by atoms with Gasteiger partial charge in [-0.1, -0.05) is 12.2 Å². The number of thiocarbonyl (C=S) groups is 1. The maximum Gasteiger partial charge on any atom is 0.0853 e. The van der Waals surface area contributed by atoms with E-state index in [1.807, 2.05) is 11.8 Å². The third kappa shape index (κ3) is 2.01. The highest BCUT2D eigenvalue weighted by Crippen LogP contribution is 2.04. The largest absolute Gasteiger partial charge is 0.379 e. The first kappa shape index (κ1) is 6.36. The van der Waals surface area contributed by atoms with Gasteiger partial charge in [0, 0.05) is 12.3 Å². The van der Waals surface area contributed by atoms with E-state index in [4.69, 9.17) is 12.2 Å². The zero-order chi connectivity index (χ0) is 5.82. The van der Waals surface area contributed by atoms with Crippen molar-refractivity contribution in [3.63, 3.8) is 0 Å². The predicted molar refractivity (Wildman–Crippen MR) is 42.5 cm³/mol. The number of hydrogen-bond donors (Lipinski definition) is 1. The minimum atomic E-state index is 1.02. The van der Waals surface area contributed by atoms with Crippen LogP contribution in [0.15, 0.2) is 0 Å². The van der Waals surface area contributed by atoms with Crippen LogP contribution in [0.5, 0.6) is 0 Å². The van der Waals surface area contributed by atoms with Crippen molar-refractivity contribution in [3.05, 3.63) is 0 Å². The Morgan fingerprint density at radius 3 is 3.38 bits per heavy atom. The summed E-state index contributed by atoms with van der Waals surface area (Å²) in [5, 5.41) is 3.16. The molecule has 0 aromatic carbocycles. The molecule has 1 aliphatic rings. The topological polar surface area (TPSA) is 12.0 Å². The normalized spacial score (nSPS) is 21.8. The summed E-state index contributed by atoms with van der Waals surface area (Å²) in [6.45, 7) is 1.08. The van der Waals surface area contributed by atoms with Gasteiger partial charge in [0.2, 0.25) is 0 Å². The van der Waals surface area contributed by atoms with E-state index < -0.39 is 0 Å². The van der Waals surface area contributed by atoms with Crippen LogP contribution in [-0.2, 0) is 0 Å². The van der Waals surface area contributed by atoms with Crippen LogP contribution < -0.4 is 5.32 Å². The molecule has 1 saturated heterocycles. The van der Waals surface area contributed by atoms with Crippen LogP contribution in [0.25, 0.3) is 0 Å². The molecule has 3 heteroatoms. The van der Waals surface area contributed by atoms with E-state index in [0.717, 1.165) is 17.3 Å². The van der Waals surface area contributed by atoms with E-state index in [-0.39, 0.29) is 0 Å². The minimum absolute atomic E-state index is 1.02. The Bertz CT molecular complexity index is 82.4. The highest BCUT2D eigenvalue weighted by Gasteiger charge is 2.00. The lowest BCUT2D eigenvalue weighted by atomic mass is 10.5. The average Bonchev–Trinajstić information content (AvgIpc) is 1.94. The molecule has 0 amide bonds. The molecule has 0 unspecified atom stereocenters. The van der Waals surface area contributed by atoms with Crippen LogP contribution >= 0.6 is 24.0 Å². The Kier molecular flexibility index (Phi) is 2.63. The molecule has 0 aliphatic carbocycles. The standard InChI is InChI=1S/C5H9NS2/c7-5-4-8-3-1-2-6-5/h1-4H2,(H,6,7). The van der Waals surface area contributed by atoms with E-state index in [0.29, 0.717) is 0 Å². The Morgan fingerprint density at radius 1 is 1.62 bits per heavy atom. The zero-order valence-electron chi connectivity index (χ0n) is 4.64. The molecule has 1 rings (SSSR count). The molecule has 0 aromatic heterocycles. The van der Waals surface area contributed by atoms with Gasteiger partial charge >= 0.3 is 0 Å². The molecule has 1 nitrogen and oxygen atoms in total. The van der Waals surface area contributed by atoms with Crippen LogP contribution in [-0.4, -0.2) is 23.0 Å². The number of rotatable bonds is 0. The molecule has 8 heavy (non-hydrogen) atoms. The fourth-order valence-electron chi connectivity index (χ4n) is 0.618. The summed E-state index contributed by atoms with van der Waals surface area (Å²) in [6, 6.07) is 0. The summed E-state index contributed by atoms with van der Waals surface area (Å²) in [7, 11) is 0. The third-order valence-corrected chi connectivity index (χ3v) is 2.56. The fraction of sp³-hybridized carbons (Fsp3) is 0.800. The maximum absolute atomic E-state index is 4.96. The first-order valence-corrected chi connectivity index (χ1v) is 4.30. The molecule has 1 fully saturated rings. The first-order chi connectivity index (χ1) is 3.89. The quantitative estimate of drug-likeness (QED) is 0.514. The molecular weight excluding hydrogens is 138 g/mol. The summed E-state index contributed by atoms with van der Waals surface area (Å²) < 4.78 is 0. The van der Waals surface area contributed by atoms with Gasteiger partial charge < -0.3 is 5.32 Å². The molecule has 0 saturated carbocycles. The molecule has 1 heterocycles. The van der Waals surface area contributed by atoms with Gasteiger partial charge in [0.1, 0.15) is 0 Å². The van der Waals surface area contributed by atoms with Crippen molar-refractivity contribution >= 4 is 29.0 Å². The van der Waals surface area contributed by atoms with Gasteiger partial charge in [-0.05, 0) is 12.2 Å². The Morgan fingerprint density at radius 2 is 2.50 bits per heavy atom. The summed E-state index contributed by atoms with van der Waals surface area (Å²) in [6.07, 6.45) is 1.25. The van der Waals surface area contributed by atoms with Gasteiger partial charge in [-0.3, -0.25) is 0 Å². The fourth-order valence-corrected chi connectivity index (χ4v) is 1.75. The summed E-state index contributed by atoms with van der Waals surface area (Å²) in [4.78, 5) is 1.02. The highest BCUT2D eigenvalue weighted by atomic mass is 32.2. The highest BCUT2D eigenvalue weighted by molar-refractivity contribution is 8.01. The lowest BCUT2D eigenvalue weighted by Gasteiger charge is -1.97. The smallest absolute Gasteiger partial charge is 0.0853 e. The lowest BCUT2D eigenvalue weighted by molar-refractivity contribution is 0.862. The van der Waals surface area contributed by atoms with E-state index in [1.54, 1.807) is 0 Å². The van der Waals surface area contributed by atoms with Crippen molar-refractivity contribution in [2.75, 3.05) is 18.1 Å². The van der Waals surface area contributed by atoms with Crippen LogP contribution in [0, 0.1) is 0 Å². The van der Waals surface area contributed by atoms with Crippen molar-refractivity contribution in [3.8, 4) is 0 Å². The van der Waals surface area contributed by atoms with Gasteiger partial charge in [-0.2, -0.15) is 11.8 Å². The molecular formula is C5H9NS2. The molecule has 0 bridgehead atoms. The predicted octanol–water partition coefficient (Wildman–Crippen LogP) is 1.04. The van der Waals surface area contributed by atoms with Crippen molar-refractivity contribution in [2.24, 2.45) is 0 Å². The third-order valence-electron chi connectivity index (χ3n) is 1.02. The minimum Gasteiger partial charge on any atom is -0.379 e. The van der Waals surface area contributed by atoms with Gasteiger partial charge in [-0.15, -0.1) is 0 Å². The molecule has 0 atom stereocenters. The van der Waals surface area contributed by atoms with E-state index in [1.165, 1.54) is 12.2 Å². The van der Waals surface area contributed by atoms with Gasteiger partial charge in [0.25, 0.3) is 0 Å². The Balaban J connectivity index is 2.27. The first-order valence-electron chi connectivity index (χ1n) is 2.74. The maximum atomic E-state index is 4.96. The van der Waals surface area contributed by atoms with Crippen LogP contribution in [0.3, 0.4) is 0 Å². The van der Waals surface area contributed by atoms with Crippen molar-refractivity contribution in [1.82, 2.24) is 5.32 Å². The van der Waals surface area contributed by atoms with Crippen LogP contribution in [0.4, 0.5) is 0 Å². The number of nitrogens with one attached hydrogen (secondary N) is 1. The molecule has 0 aromatic rings. The van der Waals surface area contributed by atoms with E-state index in [2.05, 4.69) is 5.32 Å². The Labute approximate surface area is 59.2 Å². The molecule has 0 radical (unpaired) electrons. The van der Waals surface area contributed by atoms with E-state index >= 15 is 0 Å². The second kappa shape index (κ2) is 3.30. The van der Waals surface area contributed by atoms with Crippen LogP contribution in [0.2, 0.25) is 0 Å². The summed E-state index contributed by atoms with van der Waals surface area (Å²) in [5.41, 5.74) is 0. The van der Waals surface area contributed by atoms with E-state index in [9.17, 15) is 0 Å². The number of hydrogen-bond acceptors (Lipinski definition) is 2. The second-order valence-corrected chi connectivity index (χ2v) is 3.35. The van der Waals surface area contributed by atoms with Gasteiger partial charge in [0.05, 0.1) is 4.99 Å². The van der Waals surface area contributed by atoms with Gasteiger partial charge in [0.15, 0.2) is 0 Å². The molecule has 1 aliphatic heterocycles. The molecule has 1 N–H and O–H groups in total. The number of thioether (sulfide) groups is 1. The SMILES string of the molecule is S=C1CSCCCN1. The van der Waals surface area contributed by atoms with Crippen molar-refractivity contribution < 1.29 is 0 Å².